The maximum atomic E-state index is 11.0. The average molecular weight is 228 g/mol. The average Bonchev–Trinajstić information content (AvgIpc) is 2.46. The van der Waals surface area contributed by atoms with Crippen molar-refractivity contribution in [2.45, 2.75) is 33.7 Å². The van der Waals surface area contributed by atoms with Crippen LogP contribution in [-0.2, 0) is 0 Å². The first-order valence-electron chi connectivity index (χ1n) is 4.89. The summed E-state index contributed by atoms with van der Waals surface area (Å²) in [6.07, 6.45) is 0. The molecule has 0 aliphatic carbocycles. The van der Waals surface area contributed by atoms with Crippen LogP contribution in [0.25, 0.3) is 0 Å². The smallest absolute Gasteiger partial charge is 0.340 e. The molecular formula is C10H16N2O2S. The molecule has 4 nitrogen and oxygen atoms in total. The summed E-state index contributed by atoms with van der Waals surface area (Å²) < 4.78 is 4.05. The molecule has 0 aromatic carbocycles. The molecule has 0 spiro atoms. The van der Waals surface area contributed by atoms with Crippen molar-refractivity contribution in [3.8, 4) is 0 Å². The van der Waals surface area contributed by atoms with Gasteiger partial charge in [-0.15, -0.1) is 0 Å². The van der Waals surface area contributed by atoms with Crippen molar-refractivity contribution in [2.24, 2.45) is 5.92 Å². The fourth-order valence-electron chi connectivity index (χ4n) is 1.09. The second-order valence-electron chi connectivity index (χ2n) is 3.95. The van der Waals surface area contributed by atoms with E-state index in [1.807, 2.05) is 6.92 Å². The fraction of sp³-hybridized carbons (Fsp3) is 0.600. The Morgan fingerprint density at radius 2 is 2.07 bits per heavy atom. The first-order chi connectivity index (χ1) is 6.93. The number of aromatic carboxylic acids is 1. The molecule has 1 atom stereocenters. The van der Waals surface area contributed by atoms with Gasteiger partial charge in [0.25, 0.3) is 0 Å². The highest BCUT2D eigenvalue weighted by Crippen LogP contribution is 2.26. The minimum absolute atomic E-state index is 0.239. The molecule has 0 radical (unpaired) electrons. The summed E-state index contributed by atoms with van der Waals surface area (Å²) in [5, 5.41) is 12.9. The van der Waals surface area contributed by atoms with Gasteiger partial charge in [0.2, 0.25) is 0 Å². The molecule has 0 fully saturated rings. The van der Waals surface area contributed by atoms with E-state index in [-0.39, 0.29) is 6.04 Å². The summed E-state index contributed by atoms with van der Waals surface area (Å²) in [7, 11) is 0. The number of aryl methyl sites for hydroxylation is 1. The van der Waals surface area contributed by atoms with Crippen LogP contribution in [0.3, 0.4) is 0 Å². The predicted molar refractivity (Wildman–Crippen MR) is 61.7 cm³/mol. The Morgan fingerprint density at radius 3 is 2.53 bits per heavy atom. The second kappa shape index (κ2) is 4.61. The number of aromatic nitrogens is 1. The molecule has 1 aromatic heterocycles. The zero-order valence-corrected chi connectivity index (χ0v) is 10.2. The Kier molecular flexibility index (Phi) is 3.68. The van der Waals surface area contributed by atoms with Crippen molar-refractivity contribution >= 4 is 22.5 Å². The third-order valence-electron chi connectivity index (χ3n) is 2.44. The highest BCUT2D eigenvalue weighted by atomic mass is 32.1. The highest BCUT2D eigenvalue weighted by Gasteiger charge is 2.19. The summed E-state index contributed by atoms with van der Waals surface area (Å²) >= 11 is 1.21. The third kappa shape index (κ3) is 2.68. The Bertz CT molecular complexity index is 360. The molecule has 15 heavy (non-hydrogen) atoms. The second-order valence-corrected chi connectivity index (χ2v) is 4.73. The van der Waals surface area contributed by atoms with Crippen molar-refractivity contribution in [2.75, 3.05) is 5.32 Å². The monoisotopic (exact) mass is 228 g/mol. The molecule has 0 aliphatic rings. The highest BCUT2D eigenvalue weighted by molar-refractivity contribution is 7.10. The Labute approximate surface area is 93.5 Å². The standard InChI is InChI=1S/C10H16N2O2S/c1-5(2)6(3)11-9-8(10(13)14)7(4)12-15-9/h5-6,11H,1-4H3,(H,13,14). The number of hydrogen-bond acceptors (Lipinski definition) is 4. The summed E-state index contributed by atoms with van der Waals surface area (Å²) in [6.45, 7) is 7.93. The van der Waals surface area contributed by atoms with E-state index in [9.17, 15) is 4.79 Å². The van der Waals surface area contributed by atoms with Gasteiger partial charge in [0.15, 0.2) is 0 Å². The van der Waals surface area contributed by atoms with Crippen LogP contribution in [0.4, 0.5) is 5.00 Å². The number of hydrogen-bond donors (Lipinski definition) is 2. The molecule has 5 heteroatoms. The lowest BCUT2D eigenvalue weighted by atomic mass is 10.1. The van der Waals surface area contributed by atoms with Crippen molar-refractivity contribution in [3.05, 3.63) is 11.3 Å². The number of anilines is 1. The SMILES string of the molecule is Cc1nsc(NC(C)C(C)C)c1C(=O)O. The molecule has 0 bridgehead atoms. The molecule has 0 saturated carbocycles. The van der Waals surface area contributed by atoms with Crippen LogP contribution in [0.15, 0.2) is 0 Å². The Hall–Kier alpha value is -1.10. The van der Waals surface area contributed by atoms with Gasteiger partial charge in [-0.25, -0.2) is 4.79 Å². The number of carboxylic acids is 1. The van der Waals surface area contributed by atoms with Crippen molar-refractivity contribution in [1.29, 1.82) is 0 Å². The van der Waals surface area contributed by atoms with E-state index in [0.717, 1.165) is 0 Å². The van der Waals surface area contributed by atoms with Gasteiger partial charge in [0.1, 0.15) is 10.6 Å². The maximum absolute atomic E-state index is 11.0. The van der Waals surface area contributed by atoms with Crippen LogP contribution in [0.2, 0.25) is 0 Å². The number of carboxylic acid groups (broad SMARTS) is 1. The van der Waals surface area contributed by atoms with Crippen molar-refractivity contribution in [3.63, 3.8) is 0 Å². The number of carbonyl (C=O) groups is 1. The lowest BCUT2D eigenvalue weighted by Crippen LogP contribution is -2.22. The molecule has 0 aliphatic heterocycles. The molecule has 0 amide bonds. The van der Waals surface area contributed by atoms with Gasteiger partial charge in [-0.2, -0.15) is 4.37 Å². The minimum Gasteiger partial charge on any atom is -0.478 e. The normalized spacial score (nSPS) is 12.9. The summed E-state index contributed by atoms with van der Waals surface area (Å²) in [5.74, 6) is -0.464. The zero-order chi connectivity index (χ0) is 11.6. The largest absolute Gasteiger partial charge is 0.478 e. The van der Waals surface area contributed by atoms with Crippen LogP contribution in [0.5, 0.6) is 0 Å². The van der Waals surface area contributed by atoms with Gasteiger partial charge in [-0.1, -0.05) is 13.8 Å². The third-order valence-corrected chi connectivity index (χ3v) is 3.31. The van der Waals surface area contributed by atoms with E-state index in [1.54, 1.807) is 6.92 Å². The fourth-order valence-corrected chi connectivity index (χ4v) is 1.98. The minimum atomic E-state index is -0.917. The van der Waals surface area contributed by atoms with Gasteiger partial charge in [0, 0.05) is 6.04 Å². The number of nitrogens with one attached hydrogen (secondary N) is 1. The van der Waals surface area contributed by atoms with E-state index in [2.05, 4.69) is 23.5 Å². The molecule has 84 valence electrons. The molecule has 0 saturated heterocycles. The maximum Gasteiger partial charge on any atom is 0.340 e. The topological polar surface area (TPSA) is 62.2 Å². The van der Waals surface area contributed by atoms with Crippen LogP contribution in [0.1, 0.15) is 36.8 Å². The lowest BCUT2D eigenvalue weighted by Gasteiger charge is -2.17. The van der Waals surface area contributed by atoms with E-state index >= 15 is 0 Å². The molecular weight excluding hydrogens is 212 g/mol. The van der Waals surface area contributed by atoms with Crippen LogP contribution >= 0.6 is 11.5 Å². The summed E-state index contributed by atoms with van der Waals surface area (Å²) in [6, 6.07) is 0.239. The number of rotatable bonds is 4. The molecule has 1 aromatic rings. The lowest BCUT2D eigenvalue weighted by molar-refractivity contribution is 0.0697. The number of nitrogens with zero attached hydrogens (tertiary/aromatic N) is 1. The molecule has 1 unspecified atom stereocenters. The molecule has 1 heterocycles. The zero-order valence-electron chi connectivity index (χ0n) is 9.37. The van der Waals surface area contributed by atoms with Crippen molar-refractivity contribution in [1.82, 2.24) is 4.37 Å². The summed E-state index contributed by atoms with van der Waals surface area (Å²) in [5.41, 5.74) is 0.874. The van der Waals surface area contributed by atoms with Gasteiger partial charge in [0.05, 0.1) is 5.69 Å². The Morgan fingerprint density at radius 1 is 1.47 bits per heavy atom. The Balaban J connectivity index is 2.91. The molecule has 2 N–H and O–H groups in total. The van der Waals surface area contributed by atoms with E-state index < -0.39 is 5.97 Å². The van der Waals surface area contributed by atoms with Gasteiger partial charge in [-0.3, -0.25) is 0 Å². The van der Waals surface area contributed by atoms with Crippen molar-refractivity contribution < 1.29 is 9.90 Å². The van der Waals surface area contributed by atoms with Gasteiger partial charge in [-0.05, 0) is 31.3 Å². The van der Waals surface area contributed by atoms with Crippen LogP contribution in [-0.4, -0.2) is 21.5 Å². The van der Waals surface area contributed by atoms with Gasteiger partial charge >= 0.3 is 5.97 Å². The van der Waals surface area contributed by atoms with E-state index in [0.29, 0.717) is 22.2 Å². The molecule has 1 rings (SSSR count). The van der Waals surface area contributed by atoms with Crippen LogP contribution < -0.4 is 5.32 Å². The van der Waals surface area contributed by atoms with E-state index in [1.165, 1.54) is 11.5 Å². The first kappa shape index (κ1) is 12.0. The quantitative estimate of drug-likeness (QED) is 0.831. The summed E-state index contributed by atoms with van der Waals surface area (Å²) in [4.78, 5) is 11.0. The van der Waals surface area contributed by atoms with E-state index in [4.69, 9.17) is 5.11 Å². The van der Waals surface area contributed by atoms with Gasteiger partial charge < -0.3 is 10.4 Å². The first-order valence-corrected chi connectivity index (χ1v) is 5.67. The van der Waals surface area contributed by atoms with Crippen LogP contribution in [0, 0.1) is 12.8 Å². The predicted octanol–water partition coefficient (Wildman–Crippen LogP) is 2.61.